The first-order valence-corrected chi connectivity index (χ1v) is 7.90. The van der Waals surface area contributed by atoms with Gasteiger partial charge in [0.25, 0.3) is 5.91 Å². The van der Waals surface area contributed by atoms with Gasteiger partial charge < -0.3 is 14.8 Å². The number of carbonyl (C=O) groups excluding carboxylic acids is 2. The van der Waals surface area contributed by atoms with Crippen molar-refractivity contribution in [1.82, 2.24) is 15.1 Å². The number of aromatic nitrogens is 2. The molecule has 0 aliphatic heterocycles. The van der Waals surface area contributed by atoms with Crippen LogP contribution in [0.1, 0.15) is 36.8 Å². The van der Waals surface area contributed by atoms with Crippen LogP contribution in [0.2, 0.25) is 0 Å². The number of aryl methyl sites for hydroxylation is 1. The second-order valence-electron chi connectivity index (χ2n) is 6.59. The zero-order valence-corrected chi connectivity index (χ0v) is 15.1. The first-order valence-electron chi connectivity index (χ1n) is 7.90. The van der Waals surface area contributed by atoms with Gasteiger partial charge in [-0.15, -0.1) is 0 Å². The van der Waals surface area contributed by atoms with Gasteiger partial charge in [0.15, 0.2) is 5.69 Å². The number of rotatable bonds is 5. The maximum Gasteiger partial charge on any atom is 0.325 e. The minimum Gasteiger partial charge on any atom is -0.494 e. The summed E-state index contributed by atoms with van der Waals surface area (Å²) in [5.41, 5.74) is 1.38. The van der Waals surface area contributed by atoms with Gasteiger partial charge in [-0.05, 0) is 51.5 Å². The number of nitrogens with one attached hydrogen (secondary N) is 1. The first kappa shape index (κ1) is 18.5. The summed E-state index contributed by atoms with van der Waals surface area (Å²) in [6.45, 7) is 7.05. The fraction of sp³-hybridized carbons (Fsp3) is 0.389. The van der Waals surface area contributed by atoms with E-state index in [9.17, 15) is 9.59 Å². The highest BCUT2D eigenvalue weighted by Gasteiger charge is 2.18. The Morgan fingerprint density at radius 3 is 2.60 bits per heavy atom. The molecule has 0 saturated heterocycles. The minimum absolute atomic E-state index is 0.201. The van der Waals surface area contributed by atoms with Crippen molar-refractivity contribution in [2.45, 2.75) is 33.3 Å². The molecule has 1 N–H and O–H groups in total. The van der Waals surface area contributed by atoms with Crippen LogP contribution in [0.4, 0.5) is 0 Å². The molecule has 1 aromatic heterocycles. The highest BCUT2D eigenvalue weighted by atomic mass is 16.6. The van der Waals surface area contributed by atoms with E-state index in [1.807, 2.05) is 25.1 Å². The summed E-state index contributed by atoms with van der Waals surface area (Å²) in [5.74, 6) is -0.300. The number of nitrogens with zero attached hydrogens (tertiary/aromatic N) is 2. The van der Waals surface area contributed by atoms with Crippen molar-refractivity contribution in [2.75, 3.05) is 13.7 Å². The standard InChI is InChI=1S/C18H23N3O4/c1-12-6-7-15(24-5)14(10-12)21-9-8-13(20-21)17(23)19-11-16(22)25-18(2,3)4/h6-10H,11H2,1-5H3,(H,19,23). The lowest BCUT2D eigenvalue weighted by Gasteiger charge is -2.19. The van der Waals surface area contributed by atoms with Crippen molar-refractivity contribution >= 4 is 11.9 Å². The van der Waals surface area contributed by atoms with Crippen molar-refractivity contribution < 1.29 is 19.1 Å². The Kier molecular flexibility index (Phi) is 5.46. The molecule has 1 aromatic carbocycles. The molecule has 0 fully saturated rings. The highest BCUT2D eigenvalue weighted by molar-refractivity contribution is 5.94. The maximum absolute atomic E-state index is 12.2. The number of ether oxygens (including phenoxy) is 2. The van der Waals surface area contributed by atoms with Gasteiger partial charge in [-0.3, -0.25) is 9.59 Å². The van der Waals surface area contributed by atoms with Crippen molar-refractivity contribution in [2.24, 2.45) is 0 Å². The summed E-state index contributed by atoms with van der Waals surface area (Å²) in [6, 6.07) is 7.26. The molecule has 1 amide bonds. The second-order valence-corrected chi connectivity index (χ2v) is 6.59. The summed E-state index contributed by atoms with van der Waals surface area (Å²) in [7, 11) is 1.58. The van der Waals surface area contributed by atoms with E-state index in [2.05, 4.69) is 10.4 Å². The van der Waals surface area contributed by atoms with Crippen LogP contribution in [-0.4, -0.2) is 40.9 Å². The third-order valence-electron chi connectivity index (χ3n) is 3.22. The Morgan fingerprint density at radius 1 is 1.24 bits per heavy atom. The fourth-order valence-electron chi connectivity index (χ4n) is 2.18. The average molecular weight is 345 g/mol. The topological polar surface area (TPSA) is 82.5 Å². The molecule has 1 heterocycles. The highest BCUT2D eigenvalue weighted by Crippen LogP contribution is 2.23. The summed E-state index contributed by atoms with van der Waals surface area (Å²) < 4.78 is 12.0. The number of hydrogen-bond acceptors (Lipinski definition) is 5. The molecule has 0 spiro atoms. The largest absolute Gasteiger partial charge is 0.494 e. The van der Waals surface area contributed by atoms with Gasteiger partial charge in [-0.1, -0.05) is 6.07 Å². The van der Waals surface area contributed by atoms with E-state index in [0.29, 0.717) is 5.75 Å². The quantitative estimate of drug-likeness (QED) is 0.841. The number of methoxy groups -OCH3 is 1. The molecule has 0 atom stereocenters. The van der Waals surface area contributed by atoms with Gasteiger partial charge >= 0.3 is 5.97 Å². The third kappa shape index (κ3) is 5.07. The van der Waals surface area contributed by atoms with Crippen molar-refractivity contribution in [3.05, 3.63) is 41.7 Å². The molecule has 2 rings (SSSR count). The Balaban J connectivity index is 2.07. The van der Waals surface area contributed by atoms with Gasteiger partial charge in [0.2, 0.25) is 0 Å². The van der Waals surface area contributed by atoms with E-state index in [-0.39, 0.29) is 12.2 Å². The smallest absolute Gasteiger partial charge is 0.325 e. The number of esters is 1. The third-order valence-corrected chi connectivity index (χ3v) is 3.22. The van der Waals surface area contributed by atoms with Crippen LogP contribution in [0.15, 0.2) is 30.5 Å². The molecule has 0 unspecified atom stereocenters. The lowest BCUT2D eigenvalue weighted by molar-refractivity contribution is -0.153. The van der Waals surface area contributed by atoms with Crippen LogP contribution in [0.25, 0.3) is 5.69 Å². The van der Waals surface area contributed by atoms with Gasteiger partial charge in [0.05, 0.1) is 7.11 Å². The van der Waals surface area contributed by atoms with Gasteiger partial charge in [-0.2, -0.15) is 5.10 Å². The summed E-state index contributed by atoms with van der Waals surface area (Å²) >= 11 is 0. The monoisotopic (exact) mass is 345 g/mol. The molecule has 0 aliphatic carbocycles. The number of benzene rings is 1. The number of carbonyl (C=O) groups is 2. The van der Waals surface area contributed by atoms with E-state index in [4.69, 9.17) is 9.47 Å². The van der Waals surface area contributed by atoms with E-state index < -0.39 is 17.5 Å². The Bertz CT molecular complexity index is 775. The van der Waals surface area contributed by atoms with Crippen LogP contribution in [0.3, 0.4) is 0 Å². The van der Waals surface area contributed by atoms with Crippen LogP contribution in [-0.2, 0) is 9.53 Å². The predicted molar refractivity (Wildman–Crippen MR) is 93.0 cm³/mol. The molecular formula is C18H23N3O4. The molecule has 7 nitrogen and oxygen atoms in total. The lowest BCUT2D eigenvalue weighted by Crippen LogP contribution is -2.34. The van der Waals surface area contributed by atoms with Crippen LogP contribution in [0, 0.1) is 6.92 Å². The SMILES string of the molecule is COc1ccc(C)cc1-n1ccc(C(=O)NCC(=O)OC(C)(C)C)n1. The predicted octanol–water partition coefficient (Wildman–Crippen LogP) is 2.26. The van der Waals surface area contributed by atoms with Gasteiger partial charge in [0, 0.05) is 6.20 Å². The van der Waals surface area contributed by atoms with Crippen molar-refractivity contribution in [3.8, 4) is 11.4 Å². The molecule has 25 heavy (non-hydrogen) atoms. The Labute approximate surface area is 146 Å². The van der Waals surface area contributed by atoms with E-state index >= 15 is 0 Å². The second kappa shape index (κ2) is 7.38. The minimum atomic E-state index is -0.592. The molecule has 0 bridgehead atoms. The van der Waals surface area contributed by atoms with Gasteiger partial charge in [0.1, 0.15) is 23.6 Å². The average Bonchev–Trinajstić information content (AvgIpc) is 3.00. The Hall–Kier alpha value is -2.83. The van der Waals surface area contributed by atoms with Crippen LogP contribution < -0.4 is 10.1 Å². The summed E-state index contributed by atoms with van der Waals surface area (Å²) in [5, 5.41) is 6.76. The maximum atomic E-state index is 12.2. The fourth-order valence-corrected chi connectivity index (χ4v) is 2.18. The van der Waals surface area contributed by atoms with E-state index in [1.54, 1.807) is 44.8 Å². The summed E-state index contributed by atoms with van der Waals surface area (Å²) in [4.78, 5) is 23.8. The number of hydrogen-bond donors (Lipinski definition) is 1. The molecule has 0 radical (unpaired) electrons. The lowest BCUT2D eigenvalue weighted by atomic mass is 10.2. The molecule has 7 heteroatoms. The summed E-state index contributed by atoms with van der Waals surface area (Å²) in [6.07, 6.45) is 1.67. The van der Waals surface area contributed by atoms with Crippen molar-refractivity contribution in [3.63, 3.8) is 0 Å². The van der Waals surface area contributed by atoms with Crippen molar-refractivity contribution in [1.29, 1.82) is 0 Å². The zero-order chi connectivity index (χ0) is 18.6. The molecule has 2 aromatic rings. The first-order chi connectivity index (χ1) is 11.7. The zero-order valence-electron chi connectivity index (χ0n) is 15.1. The van der Waals surface area contributed by atoms with E-state index in [1.165, 1.54) is 0 Å². The molecule has 134 valence electrons. The van der Waals surface area contributed by atoms with E-state index in [0.717, 1.165) is 11.3 Å². The van der Waals surface area contributed by atoms with Crippen LogP contribution >= 0.6 is 0 Å². The molecular weight excluding hydrogens is 322 g/mol. The Morgan fingerprint density at radius 2 is 1.96 bits per heavy atom. The van der Waals surface area contributed by atoms with Crippen LogP contribution in [0.5, 0.6) is 5.75 Å². The van der Waals surface area contributed by atoms with Gasteiger partial charge in [-0.25, -0.2) is 4.68 Å². The molecule has 0 aliphatic rings. The number of amides is 1. The molecule has 0 saturated carbocycles. The normalized spacial score (nSPS) is 11.1.